The van der Waals surface area contributed by atoms with Crippen molar-refractivity contribution in [1.29, 1.82) is 0 Å². The molecule has 0 aliphatic rings. The Balaban J connectivity index is 2.46. The second kappa shape index (κ2) is 4.72. The summed E-state index contributed by atoms with van der Waals surface area (Å²) in [6, 6.07) is 5.50. The van der Waals surface area contributed by atoms with Crippen molar-refractivity contribution < 1.29 is 4.79 Å². The second-order valence-electron chi connectivity index (χ2n) is 3.22. The fourth-order valence-corrected chi connectivity index (χ4v) is 1.14. The van der Waals surface area contributed by atoms with Gasteiger partial charge in [0.1, 0.15) is 5.78 Å². The molecule has 0 aliphatic carbocycles. The van der Waals surface area contributed by atoms with Gasteiger partial charge in [-0.25, -0.2) is 0 Å². The van der Waals surface area contributed by atoms with E-state index in [-0.39, 0.29) is 11.8 Å². The Labute approximate surface area is 78.0 Å². The quantitative estimate of drug-likeness (QED) is 0.746. The smallest absolute Gasteiger partial charge is 0.140 e. The van der Waals surface area contributed by atoms with Crippen molar-refractivity contribution in [3.05, 3.63) is 30.1 Å². The van der Waals surface area contributed by atoms with E-state index in [1.54, 1.807) is 6.20 Å². The van der Waals surface area contributed by atoms with Crippen molar-refractivity contribution in [2.24, 2.45) is 5.73 Å². The Morgan fingerprint density at radius 3 is 2.92 bits per heavy atom. The van der Waals surface area contributed by atoms with E-state index in [2.05, 4.69) is 4.98 Å². The lowest BCUT2D eigenvalue weighted by atomic mass is 10.1. The number of hydrogen-bond acceptors (Lipinski definition) is 3. The number of Topliss-reactive ketones (excluding diaryl/α,β-unsaturated/α-hetero) is 1. The van der Waals surface area contributed by atoms with Gasteiger partial charge >= 0.3 is 0 Å². The normalized spacial score (nSPS) is 12.5. The summed E-state index contributed by atoms with van der Waals surface area (Å²) in [5.74, 6) is 0.147. The van der Waals surface area contributed by atoms with Crippen molar-refractivity contribution in [2.45, 2.75) is 25.8 Å². The van der Waals surface area contributed by atoms with E-state index in [9.17, 15) is 4.79 Å². The highest BCUT2D eigenvalue weighted by Crippen LogP contribution is 1.99. The van der Waals surface area contributed by atoms with Gasteiger partial charge in [-0.15, -0.1) is 0 Å². The predicted octanol–water partition coefficient (Wildman–Crippen LogP) is 0.930. The van der Waals surface area contributed by atoms with Crippen LogP contribution in [0.2, 0.25) is 0 Å². The minimum atomic E-state index is -0.0591. The van der Waals surface area contributed by atoms with E-state index in [4.69, 9.17) is 5.73 Å². The number of aromatic nitrogens is 1. The summed E-state index contributed by atoms with van der Waals surface area (Å²) < 4.78 is 0. The largest absolute Gasteiger partial charge is 0.328 e. The standard InChI is InChI=1S/C10H14N2O/c1-8(11)6-10(13)7-9-4-2-3-5-12-9/h2-5,8H,6-7,11H2,1H3. The maximum absolute atomic E-state index is 11.3. The predicted molar refractivity (Wildman–Crippen MR) is 51.2 cm³/mol. The summed E-state index contributed by atoms with van der Waals surface area (Å²) in [5.41, 5.74) is 6.32. The Hall–Kier alpha value is -1.22. The van der Waals surface area contributed by atoms with E-state index in [1.165, 1.54) is 0 Å². The van der Waals surface area contributed by atoms with Crippen LogP contribution in [0.3, 0.4) is 0 Å². The number of rotatable bonds is 4. The molecule has 0 amide bonds. The first kappa shape index (κ1) is 9.86. The average Bonchev–Trinajstić information content (AvgIpc) is 2.04. The maximum Gasteiger partial charge on any atom is 0.140 e. The topological polar surface area (TPSA) is 56.0 Å². The molecule has 0 radical (unpaired) electrons. The van der Waals surface area contributed by atoms with Crippen LogP contribution in [-0.2, 0) is 11.2 Å². The van der Waals surface area contributed by atoms with Gasteiger partial charge in [-0.1, -0.05) is 6.07 Å². The lowest BCUT2D eigenvalue weighted by molar-refractivity contribution is -0.118. The lowest BCUT2D eigenvalue weighted by Gasteiger charge is -2.02. The lowest BCUT2D eigenvalue weighted by Crippen LogP contribution is -2.20. The number of carbonyl (C=O) groups is 1. The van der Waals surface area contributed by atoms with Gasteiger partial charge in [-0.05, 0) is 19.1 Å². The molecule has 70 valence electrons. The molecule has 1 aromatic heterocycles. The first-order chi connectivity index (χ1) is 6.18. The Kier molecular flexibility index (Phi) is 3.58. The van der Waals surface area contributed by atoms with Crippen LogP contribution in [0.25, 0.3) is 0 Å². The Bertz CT molecular complexity index is 270. The van der Waals surface area contributed by atoms with Crippen LogP contribution >= 0.6 is 0 Å². The summed E-state index contributed by atoms with van der Waals surface area (Å²) in [4.78, 5) is 15.4. The third-order valence-electron chi connectivity index (χ3n) is 1.65. The highest BCUT2D eigenvalue weighted by molar-refractivity contribution is 5.80. The molecule has 0 saturated carbocycles. The number of nitrogens with two attached hydrogens (primary N) is 1. The summed E-state index contributed by atoms with van der Waals surface area (Å²) >= 11 is 0. The number of hydrogen-bond donors (Lipinski definition) is 1. The van der Waals surface area contributed by atoms with Crippen LogP contribution in [0.5, 0.6) is 0 Å². The zero-order valence-corrected chi connectivity index (χ0v) is 7.73. The van der Waals surface area contributed by atoms with E-state index in [0.29, 0.717) is 12.8 Å². The van der Waals surface area contributed by atoms with Gasteiger partial charge in [-0.3, -0.25) is 9.78 Å². The van der Waals surface area contributed by atoms with Gasteiger partial charge < -0.3 is 5.73 Å². The monoisotopic (exact) mass is 178 g/mol. The highest BCUT2D eigenvalue weighted by Gasteiger charge is 2.06. The molecular formula is C10H14N2O. The molecule has 1 unspecified atom stereocenters. The van der Waals surface area contributed by atoms with Crippen molar-refractivity contribution in [3.63, 3.8) is 0 Å². The summed E-state index contributed by atoms with van der Waals surface area (Å²) in [5, 5.41) is 0. The van der Waals surface area contributed by atoms with Crippen LogP contribution < -0.4 is 5.73 Å². The van der Waals surface area contributed by atoms with Crippen LogP contribution in [-0.4, -0.2) is 16.8 Å². The third kappa shape index (κ3) is 3.80. The first-order valence-corrected chi connectivity index (χ1v) is 4.35. The van der Waals surface area contributed by atoms with Crippen molar-refractivity contribution in [2.75, 3.05) is 0 Å². The van der Waals surface area contributed by atoms with Crippen LogP contribution in [0, 0.1) is 0 Å². The van der Waals surface area contributed by atoms with Crippen molar-refractivity contribution >= 4 is 5.78 Å². The van der Waals surface area contributed by atoms with Gasteiger partial charge in [0.15, 0.2) is 0 Å². The summed E-state index contributed by atoms with van der Waals surface area (Å²) in [7, 11) is 0. The van der Waals surface area contributed by atoms with Crippen molar-refractivity contribution in [3.8, 4) is 0 Å². The van der Waals surface area contributed by atoms with Crippen LogP contribution in [0.1, 0.15) is 19.0 Å². The zero-order valence-electron chi connectivity index (χ0n) is 7.73. The van der Waals surface area contributed by atoms with E-state index in [0.717, 1.165) is 5.69 Å². The molecule has 0 aromatic carbocycles. The number of nitrogens with zero attached hydrogens (tertiary/aromatic N) is 1. The van der Waals surface area contributed by atoms with Gasteiger partial charge in [0.25, 0.3) is 0 Å². The van der Waals surface area contributed by atoms with Gasteiger partial charge in [0.05, 0.1) is 0 Å². The fourth-order valence-electron chi connectivity index (χ4n) is 1.14. The third-order valence-corrected chi connectivity index (χ3v) is 1.65. The molecule has 2 N–H and O–H groups in total. The fraction of sp³-hybridized carbons (Fsp3) is 0.400. The maximum atomic E-state index is 11.3. The molecule has 0 aliphatic heterocycles. The van der Waals surface area contributed by atoms with Crippen LogP contribution in [0.4, 0.5) is 0 Å². The molecular weight excluding hydrogens is 164 g/mol. The van der Waals surface area contributed by atoms with E-state index in [1.807, 2.05) is 25.1 Å². The molecule has 0 bridgehead atoms. The second-order valence-corrected chi connectivity index (χ2v) is 3.22. The molecule has 3 heteroatoms. The highest BCUT2D eigenvalue weighted by atomic mass is 16.1. The van der Waals surface area contributed by atoms with Gasteiger partial charge in [-0.2, -0.15) is 0 Å². The number of carbonyl (C=O) groups excluding carboxylic acids is 1. The zero-order chi connectivity index (χ0) is 9.68. The number of ketones is 1. The SMILES string of the molecule is CC(N)CC(=O)Cc1ccccn1. The molecule has 0 spiro atoms. The van der Waals surface area contributed by atoms with Gasteiger partial charge in [0.2, 0.25) is 0 Å². The van der Waals surface area contributed by atoms with Gasteiger partial charge in [0, 0.05) is 30.8 Å². The molecule has 0 fully saturated rings. The molecule has 1 rings (SSSR count). The summed E-state index contributed by atoms with van der Waals surface area (Å²) in [6.07, 6.45) is 2.51. The van der Waals surface area contributed by atoms with E-state index >= 15 is 0 Å². The minimum Gasteiger partial charge on any atom is -0.328 e. The molecule has 0 saturated heterocycles. The Morgan fingerprint density at radius 1 is 1.62 bits per heavy atom. The molecule has 1 heterocycles. The molecule has 1 aromatic rings. The minimum absolute atomic E-state index is 0.0591. The number of pyridine rings is 1. The van der Waals surface area contributed by atoms with E-state index < -0.39 is 0 Å². The Morgan fingerprint density at radius 2 is 2.38 bits per heavy atom. The molecule has 13 heavy (non-hydrogen) atoms. The first-order valence-electron chi connectivity index (χ1n) is 4.35. The summed E-state index contributed by atoms with van der Waals surface area (Å²) in [6.45, 7) is 1.83. The van der Waals surface area contributed by atoms with Crippen LogP contribution in [0.15, 0.2) is 24.4 Å². The van der Waals surface area contributed by atoms with Crippen molar-refractivity contribution in [1.82, 2.24) is 4.98 Å². The average molecular weight is 178 g/mol. The molecule has 1 atom stereocenters. The molecule has 3 nitrogen and oxygen atoms in total.